The van der Waals surface area contributed by atoms with Gasteiger partial charge in [0.2, 0.25) is 0 Å². The van der Waals surface area contributed by atoms with Gasteiger partial charge >= 0.3 is 0 Å². The van der Waals surface area contributed by atoms with Gasteiger partial charge < -0.3 is 0 Å². The van der Waals surface area contributed by atoms with Crippen LogP contribution in [0.5, 0.6) is 0 Å². The van der Waals surface area contributed by atoms with E-state index in [2.05, 4.69) is 6.07 Å². The highest BCUT2D eigenvalue weighted by Gasteiger charge is 2.08. The summed E-state index contributed by atoms with van der Waals surface area (Å²) in [6.45, 7) is 0. The van der Waals surface area contributed by atoms with Crippen LogP contribution in [0.15, 0.2) is 29.6 Å². The molecule has 0 aliphatic carbocycles. The average molecular weight is 217 g/mol. The first kappa shape index (κ1) is 8.36. The summed E-state index contributed by atoms with van der Waals surface area (Å²) in [7, 11) is 0. The molecule has 0 fully saturated rings. The number of rotatable bonds is 1. The van der Waals surface area contributed by atoms with E-state index < -0.39 is 4.84 Å². The molecule has 0 unspecified atom stereocenters. The minimum Gasteiger partial charge on any atom is -0.143 e. The van der Waals surface area contributed by atoms with E-state index in [1.54, 1.807) is 11.3 Å². The average Bonchev–Trinajstić information content (AvgIpc) is 2.47. The van der Waals surface area contributed by atoms with Crippen LogP contribution in [0.3, 0.4) is 0 Å². The van der Waals surface area contributed by atoms with Crippen molar-refractivity contribution in [3.05, 3.63) is 35.2 Å². The van der Waals surface area contributed by atoms with E-state index in [0.717, 1.165) is 10.9 Å². The van der Waals surface area contributed by atoms with Crippen molar-refractivity contribution in [1.82, 2.24) is 0 Å². The van der Waals surface area contributed by atoms with Crippen LogP contribution >= 0.6 is 34.5 Å². The molecule has 1 aromatic carbocycles. The quantitative estimate of drug-likeness (QED) is 0.622. The maximum Gasteiger partial charge on any atom is 0.134 e. The van der Waals surface area contributed by atoms with Crippen molar-refractivity contribution in [1.29, 1.82) is 0 Å². The van der Waals surface area contributed by atoms with Crippen LogP contribution < -0.4 is 0 Å². The minimum absolute atomic E-state index is 0.416. The molecule has 0 aliphatic rings. The maximum absolute atomic E-state index is 5.80. The van der Waals surface area contributed by atoms with Gasteiger partial charge in [-0.05, 0) is 16.8 Å². The van der Waals surface area contributed by atoms with Gasteiger partial charge in [0.15, 0.2) is 0 Å². The summed E-state index contributed by atoms with van der Waals surface area (Å²) >= 11 is 13.3. The fourth-order valence-corrected chi connectivity index (χ4v) is 2.66. The highest BCUT2D eigenvalue weighted by atomic mass is 35.5. The van der Waals surface area contributed by atoms with Crippen LogP contribution in [-0.2, 0) is 0 Å². The van der Waals surface area contributed by atoms with Crippen molar-refractivity contribution in [2.24, 2.45) is 0 Å². The summed E-state index contributed by atoms with van der Waals surface area (Å²) in [5.74, 6) is 0. The first-order valence-electron chi connectivity index (χ1n) is 3.53. The summed E-state index contributed by atoms with van der Waals surface area (Å²) in [5.41, 5.74) is 1.01. The molecule has 0 nitrogen and oxygen atoms in total. The van der Waals surface area contributed by atoms with E-state index in [-0.39, 0.29) is 0 Å². The smallest absolute Gasteiger partial charge is 0.134 e. The molecule has 12 heavy (non-hydrogen) atoms. The Morgan fingerprint density at radius 3 is 2.67 bits per heavy atom. The van der Waals surface area contributed by atoms with Gasteiger partial charge in [-0.3, -0.25) is 0 Å². The zero-order valence-electron chi connectivity index (χ0n) is 6.13. The van der Waals surface area contributed by atoms with E-state index in [1.807, 2.05) is 23.6 Å². The zero-order valence-corrected chi connectivity index (χ0v) is 8.46. The van der Waals surface area contributed by atoms with E-state index in [4.69, 9.17) is 23.2 Å². The number of fused-ring (bicyclic) bond motifs is 1. The number of thiophene rings is 1. The SMILES string of the molecule is ClC(Cl)c1csc2ccccc12. The molecule has 0 radical (unpaired) electrons. The van der Waals surface area contributed by atoms with Gasteiger partial charge in [-0.1, -0.05) is 18.2 Å². The fraction of sp³-hybridized carbons (Fsp3) is 0.111. The molecule has 0 bridgehead atoms. The van der Waals surface area contributed by atoms with E-state index in [9.17, 15) is 0 Å². The molecule has 2 rings (SSSR count). The van der Waals surface area contributed by atoms with Gasteiger partial charge in [-0.2, -0.15) is 0 Å². The monoisotopic (exact) mass is 216 g/mol. The van der Waals surface area contributed by atoms with Crippen LogP contribution in [0.4, 0.5) is 0 Å². The summed E-state index contributed by atoms with van der Waals surface area (Å²) < 4.78 is 1.24. The Kier molecular flexibility index (Phi) is 2.26. The molecular weight excluding hydrogens is 211 g/mol. The number of halogens is 2. The number of hydrogen-bond acceptors (Lipinski definition) is 1. The second kappa shape index (κ2) is 3.25. The Bertz CT molecular complexity index is 392. The van der Waals surface area contributed by atoms with E-state index >= 15 is 0 Å². The Balaban J connectivity index is 2.70. The third-order valence-electron chi connectivity index (χ3n) is 1.75. The lowest BCUT2D eigenvalue weighted by molar-refractivity contribution is 1.43. The lowest BCUT2D eigenvalue weighted by Crippen LogP contribution is -1.75. The van der Waals surface area contributed by atoms with Crippen molar-refractivity contribution in [3.63, 3.8) is 0 Å². The lowest BCUT2D eigenvalue weighted by atomic mass is 10.2. The summed E-state index contributed by atoms with van der Waals surface area (Å²) in [4.78, 5) is -0.416. The normalized spacial score (nSPS) is 11.2. The number of alkyl halides is 2. The standard InChI is InChI=1S/C9H6Cl2S/c10-9(11)7-5-12-8-4-2-1-3-6(7)8/h1-5,9H. The summed E-state index contributed by atoms with van der Waals surface area (Å²) in [5, 5.41) is 3.17. The van der Waals surface area contributed by atoms with Crippen LogP contribution in [0, 0.1) is 0 Å². The van der Waals surface area contributed by atoms with Gasteiger partial charge in [-0.25, -0.2) is 0 Å². The number of benzene rings is 1. The van der Waals surface area contributed by atoms with Crippen LogP contribution in [0.25, 0.3) is 10.1 Å². The third kappa shape index (κ3) is 1.33. The molecule has 62 valence electrons. The topological polar surface area (TPSA) is 0 Å². The predicted molar refractivity (Wildman–Crippen MR) is 56.3 cm³/mol. The molecule has 0 amide bonds. The second-order valence-electron chi connectivity index (χ2n) is 2.49. The molecule has 1 heterocycles. The molecular formula is C9H6Cl2S. The Labute approximate surface area is 84.7 Å². The first-order chi connectivity index (χ1) is 5.79. The zero-order chi connectivity index (χ0) is 8.55. The van der Waals surface area contributed by atoms with Crippen LogP contribution in [-0.4, -0.2) is 0 Å². The summed E-state index contributed by atoms with van der Waals surface area (Å²) in [6.07, 6.45) is 0. The van der Waals surface area contributed by atoms with Gasteiger partial charge in [0.05, 0.1) is 0 Å². The molecule has 0 atom stereocenters. The van der Waals surface area contributed by atoms with Gasteiger partial charge in [0, 0.05) is 10.3 Å². The largest absolute Gasteiger partial charge is 0.143 e. The molecule has 0 N–H and O–H groups in total. The number of hydrogen-bond donors (Lipinski definition) is 0. The Hall–Kier alpha value is -0.240. The van der Waals surface area contributed by atoms with Crippen molar-refractivity contribution in [2.75, 3.05) is 0 Å². The molecule has 0 aliphatic heterocycles. The maximum atomic E-state index is 5.80. The van der Waals surface area contributed by atoms with Crippen molar-refractivity contribution in [3.8, 4) is 0 Å². The van der Waals surface area contributed by atoms with Crippen molar-refractivity contribution < 1.29 is 0 Å². The van der Waals surface area contributed by atoms with E-state index in [0.29, 0.717) is 0 Å². The van der Waals surface area contributed by atoms with Crippen LogP contribution in [0.1, 0.15) is 10.4 Å². The Morgan fingerprint density at radius 1 is 1.17 bits per heavy atom. The molecule has 3 heteroatoms. The van der Waals surface area contributed by atoms with Gasteiger partial charge in [0.1, 0.15) is 4.84 Å². The Morgan fingerprint density at radius 2 is 1.92 bits per heavy atom. The highest BCUT2D eigenvalue weighted by molar-refractivity contribution is 7.17. The van der Waals surface area contributed by atoms with Crippen LogP contribution in [0.2, 0.25) is 0 Å². The lowest BCUT2D eigenvalue weighted by Gasteiger charge is -1.96. The first-order valence-corrected chi connectivity index (χ1v) is 5.28. The molecule has 0 spiro atoms. The molecule has 0 saturated carbocycles. The highest BCUT2D eigenvalue weighted by Crippen LogP contribution is 2.35. The molecule has 0 saturated heterocycles. The van der Waals surface area contributed by atoms with E-state index in [1.165, 1.54) is 4.70 Å². The molecule has 1 aromatic heterocycles. The second-order valence-corrected chi connectivity index (χ2v) is 4.50. The molecule has 2 aromatic rings. The minimum atomic E-state index is -0.416. The van der Waals surface area contributed by atoms with Crippen molar-refractivity contribution >= 4 is 44.6 Å². The predicted octanol–water partition coefficient (Wildman–Crippen LogP) is 4.38. The third-order valence-corrected chi connectivity index (χ3v) is 3.20. The fourth-order valence-electron chi connectivity index (χ4n) is 1.17. The van der Waals surface area contributed by atoms with Gasteiger partial charge in [-0.15, -0.1) is 34.5 Å². The van der Waals surface area contributed by atoms with Crippen molar-refractivity contribution in [2.45, 2.75) is 4.84 Å². The van der Waals surface area contributed by atoms with Gasteiger partial charge in [0.25, 0.3) is 0 Å². The summed E-state index contributed by atoms with van der Waals surface area (Å²) in [6, 6.07) is 8.12.